The first-order valence-corrected chi connectivity index (χ1v) is 7.14. The van der Waals surface area contributed by atoms with Crippen molar-refractivity contribution >= 4 is 27.3 Å². The number of ether oxygens (including phenoxy) is 1. The number of carbonyl (C=O) groups is 1. The summed E-state index contributed by atoms with van der Waals surface area (Å²) < 4.78 is 30.5. The maximum atomic E-state index is 11.7. The molecular weight excluding hydrogens is 266 g/mol. The Hall–Kier alpha value is -0.960. The van der Waals surface area contributed by atoms with Crippen molar-refractivity contribution < 1.29 is 23.1 Å². The van der Waals surface area contributed by atoms with Crippen molar-refractivity contribution in [1.82, 2.24) is 4.72 Å². The van der Waals surface area contributed by atoms with Gasteiger partial charge in [0.25, 0.3) is 0 Å². The molecule has 1 heterocycles. The van der Waals surface area contributed by atoms with Crippen LogP contribution in [0.25, 0.3) is 0 Å². The summed E-state index contributed by atoms with van der Waals surface area (Å²) >= 11 is 0.885. The molecule has 1 aromatic heterocycles. The molecule has 0 aromatic carbocycles. The highest BCUT2D eigenvalue weighted by Gasteiger charge is 2.17. The summed E-state index contributed by atoms with van der Waals surface area (Å²) in [6.45, 7) is 0.723. The number of carboxylic acids is 1. The van der Waals surface area contributed by atoms with Gasteiger partial charge in [0.15, 0.2) is 0 Å². The van der Waals surface area contributed by atoms with Gasteiger partial charge in [0.1, 0.15) is 4.88 Å². The van der Waals surface area contributed by atoms with Crippen molar-refractivity contribution in [2.75, 3.05) is 20.3 Å². The van der Waals surface area contributed by atoms with E-state index < -0.39 is 16.0 Å². The van der Waals surface area contributed by atoms with Crippen LogP contribution >= 0.6 is 11.3 Å². The Morgan fingerprint density at radius 3 is 2.82 bits per heavy atom. The number of hydrogen-bond acceptors (Lipinski definition) is 5. The third-order valence-corrected chi connectivity index (χ3v) is 4.42. The van der Waals surface area contributed by atoms with E-state index in [2.05, 4.69) is 4.72 Å². The summed E-state index contributed by atoms with van der Waals surface area (Å²) in [5.41, 5.74) is 0. The molecule has 0 spiro atoms. The van der Waals surface area contributed by atoms with Crippen LogP contribution in [0.1, 0.15) is 16.1 Å². The highest BCUT2D eigenvalue weighted by molar-refractivity contribution is 7.89. The summed E-state index contributed by atoms with van der Waals surface area (Å²) in [5, 5.41) is 10.00. The zero-order valence-corrected chi connectivity index (χ0v) is 10.8. The fourth-order valence-electron chi connectivity index (χ4n) is 1.08. The molecule has 96 valence electrons. The minimum absolute atomic E-state index is 0.00210. The molecule has 17 heavy (non-hydrogen) atoms. The molecule has 0 aliphatic carbocycles. The molecule has 0 bridgehead atoms. The average Bonchev–Trinajstić information content (AvgIpc) is 2.74. The smallest absolute Gasteiger partial charge is 0.345 e. The number of hydrogen-bond donors (Lipinski definition) is 2. The second kappa shape index (κ2) is 6.10. The van der Waals surface area contributed by atoms with Gasteiger partial charge in [0.05, 0.1) is 4.90 Å². The molecule has 0 amide bonds. The summed E-state index contributed by atoms with van der Waals surface area (Å²) in [7, 11) is -2.08. The largest absolute Gasteiger partial charge is 0.477 e. The first kappa shape index (κ1) is 14.1. The van der Waals surface area contributed by atoms with Gasteiger partial charge >= 0.3 is 5.97 Å². The number of rotatable bonds is 7. The van der Waals surface area contributed by atoms with Crippen LogP contribution in [-0.4, -0.2) is 39.8 Å². The maximum absolute atomic E-state index is 11.7. The number of carboxylic acid groups (broad SMARTS) is 1. The topological polar surface area (TPSA) is 92.7 Å². The highest BCUT2D eigenvalue weighted by Crippen LogP contribution is 2.18. The Kier molecular flexibility index (Phi) is 5.06. The average molecular weight is 279 g/mol. The first-order chi connectivity index (χ1) is 7.97. The van der Waals surface area contributed by atoms with Crippen molar-refractivity contribution in [1.29, 1.82) is 0 Å². The molecule has 1 aromatic rings. The summed E-state index contributed by atoms with van der Waals surface area (Å²) in [6, 6.07) is 1.14. The molecule has 0 saturated heterocycles. The van der Waals surface area contributed by atoms with Crippen LogP contribution in [0.15, 0.2) is 16.3 Å². The molecule has 0 aliphatic heterocycles. The van der Waals surface area contributed by atoms with E-state index in [0.717, 1.165) is 17.4 Å². The van der Waals surface area contributed by atoms with Crippen molar-refractivity contribution in [2.24, 2.45) is 0 Å². The normalized spacial score (nSPS) is 11.6. The lowest BCUT2D eigenvalue weighted by atomic mass is 10.5. The van der Waals surface area contributed by atoms with E-state index in [4.69, 9.17) is 9.84 Å². The van der Waals surface area contributed by atoms with Crippen molar-refractivity contribution in [2.45, 2.75) is 11.3 Å². The molecule has 6 nitrogen and oxygen atoms in total. The third-order valence-electron chi connectivity index (χ3n) is 1.91. The van der Waals surface area contributed by atoms with Crippen LogP contribution in [0, 0.1) is 0 Å². The zero-order valence-electron chi connectivity index (χ0n) is 9.17. The number of methoxy groups -OCH3 is 1. The molecule has 0 unspecified atom stereocenters. The standard InChI is InChI=1S/C9H13NO5S2/c1-15-4-2-3-10-17(13,14)7-5-8(9(11)12)16-6-7/h5-6,10H,2-4H2,1H3,(H,11,12). The predicted molar refractivity (Wildman–Crippen MR) is 63.0 cm³/mol. The predicted octanol–water partition coefficient (Wildman–Crippen LogP) is 0.761. The van der Waals surface area contributed by atoms with Gasteiger partial charge in [-0.25, -0.2) is 17.9 Å². The second-order valence-electron chi connectivity index (χ2n) is 3.20. The van der Waals surface area contributed by atoms with Crippen molar-refractivity contribution in [3.8, 4) is 0 Å². The Labute approximate surface area is 103 Å². The zero-order chi connectivity index (χ0) is 12.9. The van der Waals surface area contributed by atoms with Crippen LogP contribution in [-0.2, 0) is 14.8 Å². The van der Waals surface area contributed by atoms with E-state index in [1.165, 1.54) is 12.5 Å². The van der Waals surface area contributed by atoms with Gasteiger partial charge in [0.2, 0.25) is 10.0 Å². The minimum atomic E-state index is -3.61. The molecular formula is C9H13NO5S2. The van der Waals surface area contributed by atoms with Gasteiger partial charge in [0, 0.05) is 25.6 Å². The fourth-order valence-corrected chi connectivity index (χ4v) is 3.26. The van der Waals surface area contributed by atoms with E-state index in [1.54, 1.807) is 0 Å². The number of sulfonamides is 1. The molecule has 0 aliphatic rings. The highest BCUT2D eigenvalue weighted by atomic mass is 32.2. The second-order valence-corrected chi connectivity index (χ2v) is 5.87. The molecule has 0 fully saturated rings. The SMILES string of the molecule is COCCCNS(=O)(=O)c1csc(C(=O)O)c1. The van der Waals surface area contributed by atoms with Gasteiger partial charge in [-0.2, -0.15) is 0 Å². The van der Waals surface area contributed by atoms with Gasteiger partial charge in [-0.1, -0.05) is 0 Å². The molecule has 1 rings (SSSR count). The molecule has 2 N–H and O–H groups in total. The molecule has 0 radical (unpaired) electrons. The van der Waals surface area contributed by atoms with E-state index in [-0.39, 0.29) is 16.3 Å². The Morgan fingerprint density at radius 2 is 2.29 bits per heavy atom. The van der Waals surface area contributed by atoms with Crippen LogP contribution < -0.4 is 4.72 Å². The summed E-state index contributed by atoms with van der Waals surface area (Å²) in [6.07, 6.45) is 0.561. The van der Waals surface area contributed by atoms with E-state index >= 15 is 0 Å². The van der Waals surface area contributed by atoms with Crippen molar-refractivity contribution in [3.63, 3.8) is 0 Å². The van der Waals surface area contributed by atoms with Gasteiger partial charge < -0.3 is 9.84 Å². The fraction of sp³-hybridized carbons (Fsp3) is 0.444. The van der Waals surface area contributed by atoms with E-state index in [1.807, 2.05) is 0 Å². The monoisotopic (exact) mass is 279 g/mol. The summed E-state index contributed by atoms with van der Waals surface area (Å²) in [4.78, 5) is 10.6. The Balaban J connectivity index is 2.66. The van der Waals surface area contributed by atoms with Crippen LogP contribution in [0.3, 0.4) is 0 Å². The number of thiophene rings is 1. The van der Waals surface area contributed by atoms with Crippen LogP contribution in [0.4, 0.5) is 0 Å². The van der Waals surface area contributed by atoms with Gasteiger partial charge in [-0.05, 0) is 12.5 Å². The minimum Gasteiger partial charge on any atom is -0.477 e. The maximum Gasteiger partial charge on any atom is 0.345 e. The van der Waals surface area contributed by atoms with Crippen LogP contribution in [0.5, 0.6) is 0 Å². The lowest BCUT2D eigenvalue weighted by Gasteiger charge is -2.03. The third kappa shape index (κ3) is 4.08. The quantitative estimate of drug-likeness (QED) is 0.719. The number of nitrogens with one attached hydrogen (secondary N) is 1. The van der Waals surface area contributed by atoms with Gasteiger partial charge in [-0.15, -0.1) is 11.3 Å². The lowest BCUT2D eigenvalue weighted by molar-refractivity contribution is 0.0702. The van der Waals surface area contributed by atoms with E-state index in [0.29, 0.717) is 13.0 Å². The van der Waals surface area contributed by atoms with E-state index in [9.17, 15) is 13.2 Å². The van der Waals surface area contributed by atoms with Gasteiger partial charge in [-0.3, -0.25) is 0 Å². The Bertz CT molecular complexity index is 479. The molecule has 0 atom stereocenters. The summed E-state index contributed by atoms with van der Waals surface area (Å²) in [5.74, 6) is -1.13. The van der Waals surface area contributed by atoms with Crippen molar-refractivity contribution in [3.05, 3.63) is 16.3 Å². The number of aromatic carboxylic acids is 1. The Morgan fingerprint density at radius 1 is 1.59 bits per heavy atom. The molecule has 8 heteroatoms. The lowest BCUT2D eigenvalue weighted by Crippen LogP contribution is -2.25. The first-order valence-electron chi connectivity index (χ1n) is 4.78. The van der Waals surface area contributed by atoms with Crippen LogP contribution in [0.2, 0.25) is 0 Å². The molecule has 0 saturated carbocycles.